The summed E-state index contributed by atoms with van der Waals surface area (Å²) >= 11 is 0. The molecule has 2 rings (SSSR count). The zero-order valence-corrected chi connectivity index (χ0v) is 10.1. The fourth-order valence-electron chi connectivity index (χ4n) is 1.59. The summed E-state index contributed by atoms with van der Waals surface area (Å²) in [5.41, 5.74) is 0.0696. The quantitative estimate of drug-likeness (QED) is 0.626. The summed E-state index contributed by atoms with van der Waals surface area (Å²) in [5, 5.41) is 28.4. The fourth-order valence-corrected chi connectivity index (χ4v) is 1.59. The van der Waals surface area contributed by atoms with Crippen LogP contribution in [0, 0.1) is 32.8 Å². The third-order valence-electron chi connectivity index (χ3n) is 2.49. The topological polar surface area (TPSA) is 99.9 Å². The second kappa shape index (κ2) is 5.51. The van der Waals surface area contributed by atoms with Crippen molar-refractivity contribution >= 4 is 5.69 Å². The first-order valence-corrected chi connectivity index (χ1v) is 5.50. The Bertz CT molecular complexity index is 757. The number of nitrogens with zero attached hydrogens (tertiary/aromatic N) is 3. The van der Waals surface area contributed by atoms with Crippen molar-refractivity contribution in [2.24, 2.45) is 0 Å². The van der Waals surface area contributed by atoms with Gasteiger partial charge >= 0.3 is 0 Å². The highest BCUT2D eigenvalue weighted by Gasteiger charge is 2.15. The van der Waals surface area contributed by atoms with Gasteiger partial charge in [0.2, 0.25) is 0 Å². The first-order valence-electron chi connectivity index (χ1n) is 5.50. The van der Waals surface area contributed by atoms with Crippen LogP contribution in [0.4, 0.5) is 5.69 Å². The van der Waals surface area contributed by atoms with Gasteiger partial charge in [0.05, 0.1) is 22.6 Å². The van der Waals surface area contributed by atoms with E-state index in [1.165, 1.54) is 24.3 Å². The maximum absolute atomic E-state index is 10.8. The van der Waals surface area contributed by atoms with E-state index in [2.05, 4.69) is 0 Å². The summed E-state index contributed by atoms with van der Waals surface area (Å²) in [5.74, 6) is 0.619. The lowest BCUT2D eigenvalue weighted by atomic mass is 10.2. The van der Waals surface area contributed by atoms with Crippen LogP contribution in [0.2, 0.25) is 0 Å². The van der Waals surface area contributed by atoms with Crippen molar-refractivity contribution in [3.63, 3.8) is 0 Å². The molecule has 0 bridgehead atoms. The van der Waals surface area contributed by atoms with Gasteiger partial charge in [-0.3, -0.25) is 10.1 Å². The highest BCUT2D eigenvalue weighted by Crippen LogP contribution is 2.28. The highest BCUT2D eigenvalue weighted by atomic mass is 16.6. The molecule has 0 aromatic heterocycles. The van der Waals surface area contributed by atoms with Crippen LogP contribution in [0.1, 0.15) is 11.1 Å². The van der Waals surface area contributed by atoms with Crippen LogP contribution in [-0.2, 0) is 0 Å². The lowest BCUT2D eigenvalue weighted by Gasteiger charge is -2.06. The van der Waals surface area contributed by atoms with E-state index in [0.29, 0.717) is 11.3 Å². The Hall–Kier alpha value is -3.38. The molecule has 0 saturated heterocycles. The molecular weight excluding hydrogens is 258 g/mol. The van der Waals surface area contributed by atoms with E-state index in [1.807, 2.05) is 6.07 Å². The molecule has 0 spiro atoms. The van der Waals surface area contributed by atoms with Crippen LogP contribution < -0.4 is 4.74 Å². The van der Waals surface area contributed by atoms with E-state index < -0.39 is 4.92 Å². The normalized spacial score (nSPS) is 9.30. The summed E-state index contributed by atoms with van der Waals surface area (Å²) in [6.45, 7) is 0. The Morgan fingerprint density at radius 3 is 2.45 bits per heavy atom. The monoisotopic (exact) mass is 265 g/mol. The van der Waals surface area contributed by atoms with E-state index in [9.17, 15) is 10.1 Å². The molecule has 0 radical (unpaired) electrons. The summed E-state index contributed by atoms with van der Waals surface area (Å²) in [7, 11) is 0. The number of hydrogen-bond donors (Lipinski definition) is 0. The van der Waals surface area contributed by atoms with Crippen LogP contribution in [0.3, 0.4) is 0 Å². The number of benzene rings is 2. The van der Waals surface area contributed by atoms with Crippen molar-refractivity contribution < 1.29 is 9.66 Å². The van der Waals surface area contributed by atoms with Crippen molar-refractivity contribution in [1.82, 2.24) is 0 Å². The van der Waals surface area contributed by atoms with E-state index in [0.717, 1.165) is 0 Å². The van der Waals surface area contributed by atoms with Crippen molar-refractivity contribution in [2.75, 3.05) is 0 Å². The molecule has 0 amide bonds. The summed E-state index contributed by atoms with van der Waals surface area (Å²) in [6.07, 6.45) is 0. The molecule has 0 saturated carbocycles. The third kappa shape index (κ3) is 2.71. The summed E-state index contributed by atoms with van der Waals surface area (Å²) in [6, 6.07) is 14.1. The molecule has 0 N–H and O–H groups in total. The van der Waals surface area contributed by atoms with Crippen molar-refractivity contribution in [2.45, 2.75) is 0 Å². The predicted octanol–water partition coefficient (Wildman–Crippen LogP) is 3.13. The summed E-state index contributed by atoms with van der Waals surface area (Å²) < 4.78 is 5.45. The molecule has 0 heterocycles. The maximum Gasteiger partial charge on any atom is 0.290 e. The first-order chi connectivity index (χ1) is 9.63. The van der Waals surface area contributed by atoms with Gasteiger partial charge in [-0.15, -0.1) is 0 Å². The maximum atomic E-state index is 10.8. The second-order valence-electron chi connectivity index (χ2n) is 3.79. The van der Waals surface area contributed by atoms with Gasteiger partial charge in [0.15, 0.2) is 0 Å². The minimum Gasteiger partial charge on any atom is -0.457 e. The molecular formula is C14H7N3O3. The zero-order chi connectivity index (χ0) is 14.5. The Labute approximate surface area is 114 Å². The molecule has 20 heavy (non-hydrogen) atoms. The Balaban J connectivity index is 2.35. The van der Waals surface area contributed by atoms with Crippen LogP contribution in [0.25, 0.3) is 0 Å². The Morgan fingerprint density at radius 2 is 1.80 bits per heavy atom. The van der Waals surface area contributed by atoms with Gasteiger partial charge in [-0.05, 0) is 30.3 Å². The smallest absolute Gasteiger partial charge is 0.290 e. The van der Waals surface area contributed by atoms with Gasteiger partial charge in [0.25, 0.3) is 5.69 Å². The van der Waals surface area contributed by atoms with Gasteiger partial charge in [-0.2, -0.15) is 10.5 Å². The van der Waals surface area contributed by atoms with Crippen LogP contribution in [0.5, 0.6) is 11.5 Å². The van der Waals surface area contributed by atoms with Gasteiger partial charge in [0.1, 0.15) is 23.1 Å². The number of rotatable bonds is 3. The van der Waals surface area contributed by atoms with Gasteiger partial charge in [-0.1, -0.05) is 6.07 Å². The van der Waals surface area contributed by atoms with Crippen LogP contribution >= 0.6 is 0 Å². The van der Waals surface area contributed by atoms with E-state index >= 15 is 0 Å². The average Bonchev–Trinajstić information content (AvgIpc) is 2.47. The molecule has 2 aromatic carbocycles. The predicted molar refractivity (Wildman–Crippen MR) is 69.0 cm³/mol. The minimum absolute atomic E-state index is 0.0341. The fraction of sp³-hybridized carbons (Fsp3) is 0. The second-order valence-corrected chi connectivity index (χ2v) is 3.79. The van der Waals surface area contributed by atoms with Crippen LogP contribution in [0.15, 0.2) is 42.5 Å². The van der Waals surface area contributed by atoms with Gasteiger partial charge in [-0.25, -0.2) is 0 Å². The molecule has 0 unspecified atom stereocenters. The molecule has 6 nitrogen and oxygen atoms in total. The molecule has 2 aromatic rings. The van der Waals surface area contributed by atoms with Crippen molar-refractivity contribution in [3.05, 3.63) is 63.7 Å². The number of ether oxygens (including phenoxy) is 1. The summed E-state index contributed by atoms with van der Waals surface area (Å²) in [4.78, 5) is 10.2. The highest BCUT2D eigenvalue weighted by molar-refractivity contribution is 5.53. The first kappa shape index (κ1) is 13.1. The number of nitriles is 2. The standard InChI is InChI=1S/C14H7N3O3/c15-8-10-2-1-3-12(6-10)20-13-5-4-11(9-16)14(7-13)17(18)19/h1-7H. The van der Waals surface area contributed by atoms with Crippen molar-refractivity contribution in [1.29, 1.82) is 10.5 Å². The van der Waals surface area contributed by atoms with Crippen LogP contribution in [-0.4, -0.2) is 4.92 Å². The van der Waals surface area contributed by atoms with E-state index in [1.54, 1.807) is 24.3 Å². The SMILES string of the molecule is N#Cc1cccc(Oc2ccc(C#N)c([N+](=O)[O-])c2)c1. The minimum atomic E-state index is -0.642. The third-order valence-corrected chi connectivity index (χ3v) is 2.49. The largest absolute Gasteiger partial charge is 0.457 e. The van der Waals surface area contributed by atoms with Gasteiger partial charge in [0, 0.05) is 0 Å². The number of nitro benzene ring substituents is 1. The lowest BCUT2D eigenvalue weighted by molar-refractivity contribution is -0.385. The number of nitro groups is 1. The molecule has 6 heteroatoms. The van der Waals surface area contributed by atoms with Crippen molar-refractivity contribution in [3.8, 4) is 23.6 Å². The Kier molecular flexibility index (Phi) is 3.60. The lowest BCUT2D eigenvalue weighted by Crippen LogP contribution is -1.93. The Morgan fingerprint density at radius 1 is 1.05 bits per heavy atom. The average molecular weight is 265 g/mol. The number of hydrogen-bond acceptors (Lipinski definition) is 5. The molecule has 96 valence electrons. The van der Waals surface area contributed by atoms with E-state index in [4.69, 9.17) is 15.3 Å². The molecule has 0 atom stereocenters. The molecule has 0 fully saturated rings. The molecule has 0 aliphatic rings. The zero-order valence-electron chi connectivity index (χ0n) is 10.1. The molecule has 0 aliphatic heterocycles. The van der Waals surface area contributed by atoms with E-state index in [-0.39, 0.29) is 17.0 Å². The molecule has 0 aliphatic carbocycles. The van der Waals surface area contributed by atoms with Gasteiger partial charge < -0.3 is 4.74 Å².